The van der Waals surface area contributed by atoms with Crippen molar-refractivity contribution in [3.8, 4) is 5.88 Å². The summed E-state index contributed by atoms with van der Waals surface area (Å²) in [6.07, 6.45) is 0.920. The van der Waals surface area contributed by atoms with Crippen molar-refractivity contribution in [2.75, 3.05) is 11.5 Å². The van der Waals surface area contributed by atoms with Crippen LogP contribution in [0.3, 0.4) is 0 Å². The predicted molar refractivity (Wildman–Crippen MR) is 99.9 cm³/mol. The third kappa shape index (κ3) is 2.86. The molecule has 134 valence electrons. The SMILES string of the molecule is CCc1ccc(N=Nc2c(O)n(C3CSC3)c3c(F)cc(F)cc23)cc1. The summed E-state index contributed by atoms with van der Waals surface area (Å²) in [5.74, 6) is -0.0598. The maximum absolute atomic E-state index is 14.4. The Balaban J connectivity index is 1.83. The number of benzene rings is 2. The number of aromatic nitrogens is 1. The quantitative estimate of drug-likeness (QED) is 0.580. The summed E-state index contributed by atoms with van der Waals surface area (Å²) < 4.78 is 29.7. The van der Waals surface area contributed by atoms with Gasteiger partial charge in [0.1, 0.15) is 5.82 Å². The highest BCUT2D eigenvalue weighted by molar-refractivity contribution is 8.00. The number of nitrogens with zero attached hydrogens (tertiary/aromatic N) is 3. The smallest absolute Gasteiger partial charge is 0.221 e. The zero-order chi connectivity index (χ0) is 18.3. The molecule has 0 aliphatic carbocycles. The first-order chi connectivity index (χ1) is 12.6. The lowest BCUT2D eigenvalue weighted by atomic mass is 10.2. The monoisotopic (exact) mass is 373 g/mol. The highest BCUT2D eigenvalue weighted by Crippen LogP contribution is 2.45. The molecule has 1 aromatic heterocycles. The fourth-order valence-electron chi connectivity index (χ4n) is 3.06. The zero-order valence-corrected chi connectivity index (χ0v) is 14.9. The Morgan fingerprint density at radius 2 is 1.88 bits per heavy atom. The number of fused-ring (bicyclic) bond motifs is 1. The average molecular weight is 373 g/mol. The second kappa shape index (κ2) is 6.72. The Hall–Kier alpha value is -2.41. The third-order valence-electron chi connectivity index (χ3n) is 4.56. The van der Waals surface area contributed by atoms with Gasteiger partial charge in [-0.1, -0.05) is 19.1 Å². The minimum atomic E-state index is -0.709. The fraction of sp³-hybridized carbons (Fsp3) is 0.263. The van der Waals surface area contributed by atoms with E-state index in [1.807, 2.05) is 24.3 Å². The van der Waals surface area contributed by atoms with Crippen molar-refractivity contribution in [2.24, 2.45) is 10.2 Å². The molecule has 0 radical (unpaired) electrons. The lowest BCUT2D eigenvalue weighted by Gasteiger charge is -2.27. The molecule has 0 atom stereocenters. The minimum absolute atomic E-state index is 0.0322. The van der Waals surface area contributed by atoms with Gasteiger partial charge in [-0.05, 0) is 30.2 Å². The van der Waals surface area contributed by atoms with Crippen LogP contribution in [0.25, 0.3) is 10.9 Å². The summed E-state index contributed by atoms with van der Waals surface area (Å²) in [7, 11) is 0. The van der Waals surface area contributed by atoms with Crippen molar-refractivity contribution >= 4 is 34.0 Å². The molecule has 4 nitrogen and oxygen atoms in total. The van der Waals surface area contributed by atoms with E-state index in [1.165, 1.54) is 16.2 Å². The fourth-order valence-corrected chi connectivity index (χ4v) is 3.81. The maximum Gasteiger partial charge on any atom is 0.221 e. The van der Waals surface area contributed by atoms with E-state index in [1.54, 1.807) is 11.8 Å². The van der Waals surface area contributed by atoms with Crippen LogP contribution in [-0.4, -0.2) is 21.2 Å². The molecule has 7 heteroatoms. The van der Waals surface area contributed by atoms with Crippen LogP contribution >= 0.6 is 11.8 Å². The van der Waals surface area contributed by atoms with E-state index in [0.717, 1.165) is 24.0 Å². The number of hydrogen-bond acceptors (Lipinski definition) is 4. The van der Waals surface area contributed by atoms with E-state index >= 15 is 0 Å². The van der Waals surface area contributed by atoms with E-state index in [0.29, 0.717) is 5.69 Å². The van der Waals surface area contributed by atoms with Crippen LogP contribution in [0, 0.1) is 11.6 Å². The summed E-state index contributed by atoms with van der Waals surface area (Å²) in [6, 6.07) is 9.52. The van der Waals surface area contributed by atoms with Crippen LogP contribution in [0.2, 0.25) is 0 Å². The molecule has 1 fully saturated rings. The topological polar surface area (TPSA) is 49.9 Å². The second-order valence-electron chi connectivity index (χ2n) is 6.24. The third-order valence-corrected chi connectivity index (χ3v) is 5.80. The lowest BCUT2D eigenvalue weighted by molar-refractivity contribution is 0.404. The van der Waals surface area contributed by atoms with E-state index in [4.69, 9.17) is 0 Å². The molecule has 1 saturated heterocycles. The standard InChI is InChI=1S/C19H17F2N3OS/c1-2-11-3-5-13(6-4-11)22-23-17-15-7-12(20)8-16(21)18(15)24(19(17)25)14-9-26-10-14/h3-8,14,25H,2,9-10H2,1H3. The molecule has 1 N–H and O–H groups in total. The van der Waals surface area contributed by atoms with Crippen molar-refractivity contribution in [2.45, 2.75) is 19.4 Å². The molecule has 26 heavy (non-hydrogen) atoms. The van der Waals surface area contributed by atoms with E-state index in [9.17, 15) is 13.9 Å². The Kier molecular flexibility index (Phi) is 4.40. The minimum Gasteiger partial charge on any atom is -0.493 e. The number of hydrogen-bond donors (Lipinski definition) is 1. The Morgan fingerprint density at radius 1 is 1.15 bits per heavy atom. The van der Waals surface area contributed by atoms with Gasteiger partial charge in [-0.3, -0.25) is 0 Å². The molecule has 3 aromatic rings. The van der Waals surface area contributed by atoms with Crippen LogP contribution in [0.4, 0.5) is 20.2 Å². The van der Waals surface area contributed by atoms with Gasteiger partial charge in [-0.25, -0.2) is 8.78 Å². The first-order valence-electron chi connectivity index (χ1n) is 8.38. The largest absolute Gasteiger partial charge is 0.493 e. The van der Waals surface area contributed by atoms with Gasteiger partial charge in [-0.2, -0.15) is 16.9 Å². The molecular formula is C19H17F2N3OS. The normalized spacial score (nSPS) is 15.0. The molecule has 4 rings (SSSR count). The van der Waals surface area contributed by atoms with Crippen molar-refractivity contribution < 1.29 is 13.9 Å². The van der Waals surface area contributed by atoms with Crippen LogP contribution < -0.4 is 0 Å². The van der Waals surface area contributed by atoms with Gasteiger partial charge < -0.3 is 9.67 Å². The van der Waals surface area contributed by atoms with E-state index < -0.39 is 11.6 Å². The summed E-state index contributed by atoms with van der Waals surface area (Å²) in [5.41, 5.74) is 2.05. The molecule has 0 bridgehead atoms. The summed E-state index contributed by atoms with van der Waals surface area (Å²) in [6.45, 7) is 2.06. The van der Waals surface area contributed by atoms with Gasteiger partial charge in [0.15, 0.2) is 11.5 Å². The number of rotatable bonds is 4. The van der Waals surface area contributed by atoms with Crippen LogP contribution in [0.5, 0.6) is 5.88 Å². The number of aryl methyl sites for hydroxylation is 1. The molecular weight excluding hydrogens is 356 g/mol. The van der Waals surface area contributed by atoms with E-state index in [2.05, 4.69) is 17.2 Å². The van der Waals surface area contributed by atoms with Gasteiger partial charge in [0.2, 0.25) is 5.88 Å². The highest BCUT2D eigenvalue weighted by atomic mass is 32.2. The average Bonchev–Trinajstić information content (AvgIpc) is 2.84. The summed E-state index contributed by atoms with van der Waals surface area (Å²) in [4.78, 5) is 0. The molecule has 0 saturated carbocycles. The number of thioether (sulfide) groups is 1. The molecule has 1 aliphatic rings. The summed E-state index contributed by atoms with van der Waals surface area (Å²) >= 11 is 1.71. The van der Waals surface area contributed by atoms with Crippen LogP contribution in [0.1, 0.15) is 18.5 Å². The Bertz CT molecular complexity index is 994. The molecule has 0 amide bonds. The van der Waals surface area contributed by atoms with Crippen molar-refractivity contribution in [3.05, 3.63) is 53.6 Å². The second-order valence-corrected chi connectivity index (χ2v) is 7.31. The first kappa shape index (κ1) is 17.0. The molecule has 2 heterocycles. The van der Waals surface area contributed by atoms with Gasteiger partial charge in [0.25, 0.3) is 0 Å². The molecule has 1 aliphatic heterocycles. The lowest BCUT2D eigenvalue weighted by Crippen LogP contribution is -2.22. The van der Waals surface area contributed by atoms with E-state index in [-0.39, 0.29) is 28.5 Å². The molecule has 0 unspecified atom stereocenters. The maximum atomic E-state index is 14.4. The number of aromatic hydroxyl groups is 1. The number of halogens is 2. The van der Waals surface area contributed by atoms with Crippen molar-refractivity contribution in [3.63, 3.8) is 0 Å². The first-order valence-corrected chi connectivity index (χ1v) is 9.54. The van der Waals surface area contributed by atoms with Gasteiger partial charge in [0.05, 0.1) is 17.2 Å². The Morgan fingerprint density at radius 3 is 2.50 bits per heavy atom. The van der Waals surface area contributed by atoms with Gasteiger partial charge >= 0.3 is 0 Å². The van der Waals surface area contributed by atoms with Crippen LogP contribution in [-0.2, 0) is 6.42 Å². The summed E-state index contributed by atoms with van der Waals surface area (Å²) in [5, 5.41) is 19.1. The Labute approximate surface area is 153 Å². The number of azo groups is 1. The zero-order valence-electron chi connectivity index (χ0n) is 14.1. The molecule has 0 spiro atoms. The van der Waals surface area contributed by atoms with Gasteiger partial charge in [-0.15, -0.1) is 5.11 Å². The molecule has 2 aromatic carbocycles. The van der Waals surface area contributed by atoms with Gasteiger partial charge in [0, 0.05) is 23.0 Å². The van der Waals surface area contributed by atoms with Crippen molar-refractivity contribution in [1.29, 1.82) is 0 Å². The van der Waals surface area contributed by atoms with Crippen LogP contribution in [0.15, 0.2) is 46.6 Å². The van der Waals surface area contributed by atoms with Crippen molar-refractivity contribution in [1.82, 2.24) is 4.57 Å². The predicted octanol–water partition coefficient (Wildman–Crippen LogP) is 5.89. The highest BCUT2D eigenvalue weighted by Gasteiger charge is 2.29.